The van der Waals surface area contributed by atoms with Crippen LogP contribution in [0.25, 0.3) is 11.3 Å². The van der Waals surface area contributed by atoms with Crippen molar-refractivity contribution in [3.8, 4) is 17.0 Å². The van der Waals surface area contributed by atoms with Crippen molar-refractivity contribution in [2.24, 2.45) is 0 Å². The van der Waals surface area contributed by atoms with Crippen molar-refractivity contribution in [2.45, 2.75) is 51.7 Å². The number of rotatable bonds is 4. The first-order chi connectivity index (χ1) is 16.7. The zero-order chi connectivity index (χ0) is 24.8. The highest BCUT2D eigenvalue weighted by Crippen LogP contribution is 2.43. The third-order valence-electron chi connectivity index (χ3n) is 6.97. The summed E-state index contributed by atoms with van der Waals surface area (Å²) in [6.07, 6.45) is 7.98. The molecule has 1 fully saturated rings. The van der Waals surface area contributed by atoms with Crippen LogP contribution in [0.1, 0.15) is 36.6 Å². The van der Waals surface area contributed by atoms with Gasteiger partial charge in [-0.1, -0.05) is 12.1 Å². The maximum absolute atomic E-state index is 13.0. The minimum Gasteiger partial charge on any atom is -0.507 e. The molecule has 0 unspecified atom stereocenters. The molecule has 0 radical (unpaired) electrons. The van der Waals surface area contributed by atoms with Gasteiger partial charge in [-0.2, -0.15) is 0 Å². The van der Waals surface area contributed by atoms with Crippen molar-refractivity contribution in [3.63, 3.8) is 0 Å². The number of hydrogen-bond acceptors (Lipinski definition) is 7. The minimum atomic E-state index is -3.61. The summed E-state index contributed by atoms with van der Waals surface area (Å²) >= 11 is 0. The standard InChI is InChI=1S/C26H29N5O3S/c1-18-5-4-10-28-25(18)22-13-21(6-7-23(22)32)17-30-11-8-26(14-20(30)3)9-12-35(33,34)31(26)24-16-27-15-19(2)29-24/h4-7,9-10,12-13,15-16,20,32H,8,11,14,17H2,1-3H3/t20-,26-/m0/s1. The second-order valence-corrected chi connectivity index (χ2v) is 11.2. The van der Waals surface area contributed by atoms with Crippen LogP contribution in [-0.2, 0) is 16.6 Å². The SMILES string of the molecule is Cc1cncc(N2[C@]3(C=CS2(=O)=O)CCN(Cc2ccc(O)c(-c4ncccc4C)c2)[C@@H](C)C3)n1. The van der Waals surface area contributed by atoms with Gasteiger partial charge in [-0.25, -0.2) is 17.7 Å². The van der Waals surface area contributed by atoms with Gasteiger partial charge in [0.25, 0.3) is 10.0 Å². The van der Waals surface area contributed by atoms with E-state index in [1.54, 1.807) is 18.5 Å². The topological polar surface area (TPSA) is 99.5 Å². The summed E-state index contributed by atoms with van der Waals surface area (Å²) in [7, 11) is -3.61. The maximum atomic E-state index is 13.0. The molecule has 1 saturated heterocycles. The van der Waals surface area contributed by atoms with Gasteiger partial charge in [-0.15, -0.1) is 0 Å². The Morgan fingerprint density at radius 3 is 2.77 bits per heavy atom. The van der Waals surface area contributed by atoms with E-state index in [-0.39, 0.29) is 11.8 Å². The zero-order valence-electron chi connectivity index (χ0n) is 20.1. The maximum Gasteiger partial charge on any atom is 0.259 e. The van der Waals surface area contributed by atoms with E-state index in [0.717, 1.165) is 28.9 Å². The Labute approximate surface area is 206 Å². The molecule has 3 aromatic rings. The van der Waals surface area contributed by atoms with Crippen LogP contribution >= 0.6 is 0 Å². The number of sulfonamides is 1. The van der Waals surface area contributed by atoms with Crippen molar-refractivity contribution >= 4 is 15.8 Å². The summed E-state index contributed by atoms with van der Waals surface area (Å²) in [4.78, 5) is 15.5. The van der Waals surface area contributed by atoms with Gasteiger partial charge in [0, 0.05) is 42.5 Å². The van der Waals surface area contributed by atoms with E-state index in [1.807, 2.05) is 44.2 Å². The van der Waals surface area contributed by atoms with Gasteiger partial charge in [-0.05, 0) is 69.0 Å². The van der Waals surface area contributed by atoms with Gasteiger partial charge in [-0.3, -0.25) is 14.9 Å². The highest BCUT2D eigenvalue weighted by Gasteiger charge is 2.50. The van der Waals surface area contributed by atoms with E-state index < -0.39 is 15.6 Å². The Kier molecular flexibility index (Phi) is 5.85. The Balaban J connectivity index is 1.39. The van der Waals surface area contributed by atoms with Gasteiger partial charge in [0.05, 0.1) is 23.1 Å². The van der Waals surface area contributed by atoms with Crippen molar-refractivity contribution < 1.29 is 13.5 Å². The number of likely N-dealkylation sites (tertiary alicyclic amines) is 1. The first-order valence-corrected chi connectivity index (χ1v) is 13.2. The lowest BCUT2D eigenvalue weighted by atomic mass is 9.83. The molecule has 0 saturated carbocycles. The fraction of sp³-hybridized carbons (Fsp3) is 0.346. The van der Waals surface area contributed by atoms with Gasteiger partial charge in [0.1, 0.15) is 5.75 Å². The average molecular weight is 492 g/mol. The Hall–Kier alpha value is -3.30. The lowest BCUT2D eigenvalue weighted by molar-refractivity contribution is 0.119. The highest BCUT2D eigenvalue weighted by molar-refractivity contribution is 7.96. The molecule has 1 aromatic carbocycles. The molecule has 2 atom stereocenters. The van der Waals surface area contributed by atoms with Crippen LogP contribution in [0.15, 0.2) is 60.4 Å². The Bertz CT molecular complexity index is 1410. The first kappa shape index (κ1) is 23.4. The fourth-order valence-corrected chi connectivity index (χ4v) is 6.87. The highest BCUT2D eigenvalue weighted by atomic mass is 32.2. The van der Waals surface area contributed by atoms with Crippen LogP contribution in [0, 0.1) is 13.8 Å². The van der Waals surface area contributed by atoms with Crippen molar-refractivity contribution in [2.75, 3.05) is 10.8 Å². The molecule has 2 aliphatic heterocycles. The van der Waals surface area contributed by atoms with Crippen LogP contribution in [-0.4, -0.2) is 51.5 Å². The van der Waals surface area contributed by atoms with Crippen molar-refractivity contribution in [1.29, 1.82) is 0 Å². The van der Waals surface area contributed by atoms with Crippen LogP contribution in [0.2, 0.25) is 0 Å². The van der Waals surface area contributed by atoms with Gasteiger partial charge in [0.15, 0.2) is 5.82 Å². The van der Waals surface area contributed by atoms with E-state index >= 15 is 0 Å². The second kappa shape index (κ2) is 8.73. The first-order valence-electron chi connectivity index (χ1n) is 11.7. The molecule has 9 heteroatoms. The summed E-state index contributed by atoms with van der Waals surface area (Å²) in [5, 5.41) is 11.8. The minimum absolute atomic E-state index is 0.121. The summed E-state index contributed by atoms with van der Waals surface area (Å²) in [6.45, 7) is 7.33. The largest absolute Gasteiger partial charge is 0.507 e. The average Bonchev–Trinajstić information content (AvgIpc) is 3.07. The van der Waals surface area contributed by atoms with Crippen molar-refractivity contribution in [3.05, 3.63) is 77.2 Å². The number of phenolic OH excluding ortho intramolecular Hbond substituents is 1. The second-order valence-electron chi connectivity index (χ2n) is 9.53. The van der Waals surface area contributed by atoms with E-state index in [1.165, 1.54) is 15.9 Å². The molecule has 2 aromatic heterocycles. The molecule has 1 N–H and O–H groups in total. The van der Waals surface area contributed by atoms with Gasteiger partial charge >= 0.3 is 0 Å². The Morgan fingerprint density at radius 2 is 2.03 bits per heavy atom. The molecule has 182 valence electrons. The molecule has 1 spiro atoms. The van der Waals surface area contributed by atoms with Crippen molar-refractivity contribution in [1.82, 2.24) is 19.9 Å². The van der Waals surface area contributed by atoms with E-state index in [9.17, 15) is 13.5 Å². The molecule has 35 heavy (non-hydrogen) atoms. The summed E-state index contributed by atoms with van der Waals surface area (Å²) in [5.41, 5.74) is 3.59. The molecule has 0 amide bonds. The van der Waals surface area contributed by atoms with Gasteiger partial charge < -0.3 is 5.11 Å². The number of pyridine rings is 1. The smallest absolute Gasteiger partial charge is 0.259 e. The predicted molar refractivity (Wildman–Crippen MR) is 135 cm³/mol. The molecule has 8 nitrogen and oxygen atoms in total. The molecule has 5 rings (SSSR count). The number of nitrogens with zero attached hydrogens (tertiary/aromatic N) is 5. The van der Waals surface area contributed by atoms with E-state index in [0.29, 0.717) is 30.9 Å². The zero-order valence-corrected chi connectivity index (χ0v) is 20.9. The van der Waals surface area contributed by atoms with E-state index in [2.05, 4.69) is 26.8 Å². The lowest BCUT2D eigenvalue weighted by Crippen LogP contribution is -2.56. The number of phenols is 1. The number of hydrogen-bond donors (Lipinski definition) is 1. The van der Waals surface area contributed by atoms with E-state index in [4.69, 9.17) is 0 Å². The third-order valence-corrected chi connectivity index (χ3v) is 8.51. The molecule has 4 heterocycles. The molecular weight excluding hydrogens is 462 g/mol. The number of benzene rings is 1. The number of aromatic nitrogens is 3. The number of piperidine rings is 1. The summed E-state index contributed by atoms with van der Waals surface area (Å²) in [6, 6.07) is 9.64. The summed E-state index contributed by atoms with van der Waals surface area (Å²) in [5.74, 6) is 0.571. The Morgan fingerprint density at radius 1 is 1.20 bits per heavy atom. The molecular formula is C26H29N5O3S. The predicted octanol–water partition coefficient (Wildman–Crippen LogP) is 3.95. The summed E-state index contributed by atoms with van der Waals surface area (Å²) < 4.78 is 27.4. The number of anilines is 1. The monoisotopic (exact) mass is 491 g/mol. The number of aryl methyl sites for hydroxylation is 2. The van der Waals surface area contributed by atoms with Crippen LogP contribution in [0.4, 0.5) is 5.82 Å². The van der Waals surface area contributed by atoms with Crippen LogP contribution in [0.3, 0.4) is 0 Å². The lowest BCUT2D eigenvalue weighted by Gasteiger charge is -2.46. The van der Waals surface area contributed by atoms with Crippen LogP contribution < -0.4 is 4.31 Å². The molecule has 0 bridgehead atoms. The van der Waals surface area contributed by atoms with Gasteiger partial charge in [0.2, 0.25) is 0 Å². The fourth-order valence-electron chi connectivity index (χ4n) is 5.25. The molecule has 2 aliphatic rings. The quantitative estimate of drug-likeness (QED) is 0.590. The van der Waals surface area contributed by atoms with Crippen LogP contribution in [0.5, 0.6) is 5.75 Å². The third kappa shape index (κ3) is 4.30. The normalized spacial score (nSPS) is 23.7. The number of aromatic hydroxyl groups is 1. The molecule has 0 aliphatic carbocycles.